The molecule has 3 aromatic heterocycles. The molecule has 1 aromatic carbocycles. The number of carbonyl (C=O) groups excluding carboxylic acids is 2. The molecule has 138 valence electrons. The third-order valence-electron chi connectivity index (χ3n) is 4.05. The van der Waals surface area contributed by atoms with Gasteiger partial charge in [0.15, 0.2) is 11.5 Å². The molecule has 0 amide bonds. The first-order valence-electron chi connectivity index (χ1n) is 8.39. The van der Waals surface area contributed by atoms with Gasteiger partial charge in [-0.25, -0.2) is 9.37 Å². The zero-order valence-electron chi connectivity index (χ0n) is 14.5. The Kier molecular flexibility index (Phi) is 4.90. The molecule has 28 heavy (non-hydrogen) atoms. The first kappa shape index (κ1) is 17.9. The summed E-state index contributed by atoms with van der Waals surface area (Å²) in [7, 11) is 0. The molecule has 0 spiro atoms. The van der Waals surface area contributed by atoms with E-state index < -0.39 is 5.82 Å². The summed E-state index contributed by atoms with van der Waals surface area (Å²) in [5, 5.41) is 0.499. The maximum Gasteiger partial charge on any atom is 0.205 e. The molecule has 0 N–H and O–H groups in total. The number of hydrogen-bond acceptors (Lipinski definition) is 6. The van der Waals surface area contributed by atoms with Crippen LogP contribution < -0.4 is 0 Å². The van der Waals surface area contributed by atoms with Gasteiger partial charge in [0.1, 0.15) is 21.4 Å². The van der Waals surface area contributed by atoms with Crippen molar-refractivity contribution in [2.75, 3.05) is 0 Å². The van der Waals surface area contributed by atoms with E-state index >= 15 is 0 Å². The SMILES string of the molecule is O=C(Cc1nc(-c2ccco2)c(C(=O)c2ccc(F)cc2)s1)c1ccncc1. The van der Waals surface area contributed by atoms with Crippen LogP contribution in [0.5, 0.6) is 0 Å². The van der Waals surface area contributed by atoms with Crippen LogP contribution in [0.2, 0.25) is 0 Å². The molecule has 0 fully saturated rings. The Hall–Kier alpha value is -3.45. The summed E-state index contributed by atoms with van der Waals surface area (Å²) < 4.78 is 18.6. The number of ketones is 2. The summed E-state index contributed by atoms with van der Waals surface area (Å²) in [4.78, 5) is 34.2. The van der Waals surface area contributed by atoms with Gasteiger partial charge in [-0.1, -0.05) is 0 Å². The first-order valence-corrected chi connectivity index (χ1v) is 9.20. The van der Waals surface area contributed by atoms with Crippen molar-refractivity contribution in [2.24, 2.45) is 0 Å². The second kappa shape index (κ2) is 7.66. The lowest BCUT2D eigenvalue weighted by molar-refractivity contribution is 0.0991. The summed E-state index contributed by atoms with van der Waals surface area (Å²) in [6, 6.07) is 12.0. The van der Waals surface area contributed by atoms with Crippen molar-refractivity contribution in [1.82, 2.24) is 9.97 Å². The first-order chi connectivity index (χ1) is 13.6. The average molecular weight is 392 g/mol. The standard InChI is InChI=1S/C21H13FN2O3S/c22-15-5-3-14(4-6-15)20(26)21-19(17-2-1-11-27-17)24-18(28-21)12-16(25)13-7-9-23-10-8-13/h1-11H,12H2. The number of hydrogen-bond donors (Lipinski definition) is 0. The molecule has 4 aromatic rings. The fourth-order valence-corrected chi connectivity index (χ4v) is 3.71. The van der Waals surface area contributed by atoms with E-state index in [1.165, 1.54) is 30.5 Å². The number of pyridine rings is 1. The molecule has 0 aliphatic heterocycles. The van der Waals surface area contributed by atoms with Crippen LogP contribution >= 0.6 is 11.3 Å². The minimum Gasteiger partial charge on any atom is -0.463 e. The Morgan fingerprint density at radius 3 is 2.43 bits per heavy atom. The van der Waals surface area contributed by atoms with Crippen LogP contribution in [-0.2, 0) is 6.42 Å². The number of furan rings is 1. The van der Waals surface area contributed by atoms with Gasteiger partial charge in [-0.05, 0) is 48.5 Å². The highest BCUT2D eigenvalue weighted by atomic mass is 32.1. The predicted octanol–water partition coefficient (Wildman–Crippen LogP) is 4.59. The molecule has 3 heterocycles. The molecule has 0 saturated heterocycles. The van der Waals surface area contributed by atoms with Gasteiger partial charge in [0.05, 0.1) is 12.7 Å². The molecule has 0 aliphatic carbocycles. The quantitative estimate of drug-likeness (QED) is 0.449. The summed E-state index contributed by atoms with van der Waals surface area (Å²) >= 11 is 1.14. The predicted molar refractivity (Wildman–Crippen MR) is 102 cm³/mol. The van der Waals surface area contributed by atoms with E-state index in [1.807, 2.05) is 0 Å². The minimum atomic E-state index is -0.421. The second-order valence-corrected chi connectivity index (χ2v) is 7.02. The topological polar surface area (TPSA) is 73.1 Å². The lowest BCUT2D eigenvalue weighted by atomic mass is 10.1. The fourth-order valence-electron chi connectivity index (χ4n) is 2.68. The van der Waals surface area contributed by atoms with E-state index in [-0.39, 0.29) is 18.0 Å². The highest BCUT2D eigenvalue weighted by Crippen LogP contribution is 2.31. The highest BCUT2D eigenvalue weighted by Gasteiger charge is 2.23. The number of benzene rings is 1. The maximum absolute atomic E-state index is 13.2. The Balaban J connectivity index is 1.70. The van der Waals surface area contributed by atoms with Crippen molar-refractivity contribution in [1.29, 1.82) is 0 Å². The number of aromatic nitrogens is 2. The molecular weight excluding hydrogens is 379 g/mol. The summed E-state index contributed by atoms with van der Waals surface area (Å²) in [5.74, 6) is -0.408. The molecule has 0 atom stereocenters. The fraction of sp³-hybridized carbons (Fsp3) is 0.0476. The van der Waals surface area contributed by atoms with Gasteiger partial charge < -0.3 is 4.42 Å². The third kappa shape index (κ3) is 3.65. The van der Waals surface area contributed by atoms with Crippen molar-refractivity contribution < 1.29 is 18.4 Å². The lowest BCUT2D eigenvalue weighted by Crippen LogP contribution is -2.03. The summed E-state index contributed by atoms with van der Waals surface area (Å²) in [5.41, 5.74) is 1.24. The van der Waals surface area contributed by atoms with Crippen LogP contribution in [0.25, 0.3) is 11.5 Å². The molecule has 7 heteroatoms. The van der Waals surface area contributed by atoms with Crippen LogP contribution in [0.15, 0.2) is 71.6 Å². The third-order valence-corrected chi connectivity index (χ3v) is 5.11. The highest BCUT2D eigenvalue weighted by molar-refractivity contribution is 7.14. The Morgan fingerprint density at radius 1 is 1.00 bits per heavy atom. The molecule has 5 nitrogen and oxygen atoms in total. The molecule has 0 bridgehead atoms. The van der Waals surface area contributed by atoms with E-state index in [4.69, 9.17) is 4.42 Å². The van der Waals surface area contributed by atoms with E-state index in [1.54, 1.807) is 36.7 Å². The zero-order chi connectivity index (χ0) is 19.5. The van der Waals surface area contributed by atoms with Crippen molar-refractivity contribution >= 4 is 22.9 Å². The average Bonchev–Trinajstić information content (AvgIpc) is 3.38. The molecule has 0 aliphatic rings. The zero-order valence-corrected chi connectivity index (χ0v) is 15.3. The van der Waals surface area contributed by atoms with Crippen molar-refractivity contribution in [2.45, 2.75) is 6.42 Å². The van der Waals surface area contributed by atoms with Crippen molar-refractivity contribution in [3.63, 3.8) is 0 Å². The number of Topliss-reactive ketones (excluding diaryl/α,β-unsaturated/α-hetero) is 1. The number of nitrogens with zero attached hydrogens (tertiary/aromatic N) is 2. The van der Waals surface area contributed by atoms with Gasteiger partial charge in [-0.3, -0.25) is 14.6 Å². The van der Waals surface area contributed by atoms with Crippen LogP contribution in [0, 0.1) is 5.82 Å². The Labute approximate surface area is 163 Å². The van der Waals surface area contributed by atoms with Gasteiger partial charge >= 0.3 is 0 Å². The minimum absolute atomic E-state index is 0.0546. The van der Waals surface area contributed by atoms with Crippen LogP contribution in [-0.4, -0.2) is 21.5 Å². The largest absolute Gasteiger partial charge is 0.463 e. The smallest absolute Gasteiger partial charge is 0.205 e. The maximum atomic E-state index is 13.2. The van der Waals surface area contributed by atoms with Gasteiger partial charge in [0.2, 0.25) is 5.78 Å². The number of carbonyl (C=O) groups is 2. The van der Waals surface area contributed by atoms with Crippen LogP contribution in [0.4, 0.5) is 4.39 Å². The van der Waals surface area contributed by atoms with E-state index in [0.29, 0.717) is 32.5 Å². The number of rotatable bonds is 6. The number of thiazole rings is 1. The van der Waals surface area contributed by atoms with E-state index in [2.05, 4.69) is 9.97 Å². The summed E-state index contributed by atoms with van der Waals surface area (Å²) in [6.07, 6.45) is 4.64. The van der Waals surface area contributed by atoms with Gasteiger partial charge in [-0.15, -0.1) is 11.3 Å². The Morgan fingerprint density at radius 2 is 1.75 bits per heavy atom. The molecule has 0 radical (unpaired) electrons. The molecule has 4 rings (SSSR count). The van der Waals surface area contributed by atoms with E-state index in [9.17, 15) is 14.0 Å². The van der Waals surface area contributed by atoms with Crippen LogP contribution in [0.1, 0.15) is 30.6 Å². The Bertz CT molecular complexity index is 1120. The lowest BCUT2D eigenvalue weighted by Gasteiger charge is -2.00. The second-order valence-electron chi connectivity index (χ2n) is 5.93. The van der Waals surface area contributed by atoms with Crippen molar-refractivity contribution in [3.8, 4) is 11.5 Å². The summed E-state index contributed by atoms with van der Waals surface area (Å²) in [6.45, 7) is 0. The molecule has 0 saturated carbocycles. The van der Waals surface area contributed by atoms with E-state index in [0.717, 1.165) is 11.3 Å². The molecular formula is C21H13FN2O3S. The monoisotopic (exact) mass is 392 g/mol. The van der Waals surface area contributed by atoms with Gasteiger partial charge in [-0.2, -0.15) is 0 Å². The van der Waals surface area contributed by atoms with Gasteiger partial charge in [0.25, 0.3) is 0 Å². The van der Waals surface area contributed by atoms with Crippen molar-refractivity contribution in [3.05, 3.63) is 94.0 Å². The normalized spacial score (nSPS) is 10.8. The van der Waals surface area contributed by atoms with Crippen LogP contribution in [0.3, 0.4) is 0 Å². The molecule has 0 unspecified atom stereocenters. The number of halogens is 1. The van der Waals surface area contributed by atoms with Gasteiger partial charge in [0, 0.05) is 23.5 Å².